The Bertz CT molecular complexity index is 887. The normalized spacial score (nSPS) is 11.6. The van der Waals surface area contributed by atoms with Crippen LogP contribution in [0.25, 0.3) is 0 Å². The van der Waals surface area contributed by atoms with Gasteiger partial charge in [0.1, 0.15) is 0 Å². The second-order valence-electron chi connectivity index (χ2n) is 5.40. The molecule has 0 bridgehead atoms. The van der Waals surface area contributed by atoms with Crippen molar-refractivity contribution in [2.45, 2.75) is 18.7 Å². The van der Waals surface area contributed by atoms with E-state index in [1.54, 1.807) is 37.3 Å². The van der Waals surface area contributed by atoms with Crippen LogP contribution in [0.2, 0.25) is 5.02 Å². The van der Waals surface area contributed by atoms with Crippen LogP contribution in [0.1, 0.15) is 12.5 Å². The Balaban J connectivity index is 2.18. The number of anilines is 1. The van der Waals surface area contributed by atoms with Crippen molar-refractivity contribution in [3.63, 3.8) is 0 Å². The number of halogens is 2. The van der Waals surface area contributed by atoms with E-state index in [9.17, 15) is 13.2 Å². The van der Waals surface area contributed by atoms with Gasteiger partial charge in [0.05, 0.1) is 11.4 Å². The lowest BCUT2D eigenvalue weighted by Crippen LogP contribution is -2.37. The Morgan fingerprint density at radius 2 is 1.96 bits per heavy atom. The highest BCUT2D eigenvalue weighted by Crippen LogP contribution is 2.22. The highest BCUT2D eigenvalue weighted by atomic mass is 79.9. The Labute approximate surface area is 161 Å². The molecule has 2 aromatic rings. The maximum absolute atomic E-state index is 12.7. The highest BCUT2D eigenvalue weighted by molar-refractivity contribution is 9.10. The number of nitrogens with one attached hydrogen (secondary N) is 1. The summed E-state index contributed by atoms with van der Waals surface area (Å²) in [5.41, 5.74) is 1.41. The number of benzene rings is 2. The van der Waals surface area contributed by atoms with Gasteiger partial charge in [-0.1, -0.05) is 46.6 Å². The average Bonchev–Trinajstić information content (AvgIpc) is 2.56. The molecule has 0 spiro atoms. The molecule has 0 fully saturated rings. The molecule has 0 aliphatic heterocycles. The van der Waals surface area contributed by atoms with E-state index in [0.29, 0.717) is 15.2 Å². The van der Waals surface area contributed by atoms with Crippen molar-refractivity contribution in [2.75, 3.05) is 18.4 Å². The summed E-state index contributed by atoms with van der Waals surface area (Å²) in [7, 11) is -3.76. The van der Waals surface area contributed by atoms with Crippen LogP contribution in [-0.4, -0.2) is 31.7 Å². The van der Waals surface area contributed by atoms with Crippen molar-refractivity contribution in [3.8, 4) is 0 Å². The molecule has 0 radical (unpaired) electrons. The molecule has 8 heteroatoms. The van der Waals surface area contributed by atoms with Crippen molar-refractivity contribution < 1.29 is 13.2 Å². The van der Waals surface area contributed by atoms with Crippen LogP contribution in [0.4, 0.5) is 5.69 Å². The fourth-order valence-electron chi connectivity index (χ4n) is 2.22. The van der Waals surface area contributed by atoms with Gasteiger partial charge in [-0.05, 0) is 42.8 Å². The maximum Gasteiger partial charge on any atom is 0.243 e. The van der Waals surface area contributed by atoms with Crippen molar-refractivity contribution in [1.82, 2.24) is 4.31 Å². The second kappa shape index (κ2) is 8.31. The predicted octanol–water partition coefficient (Wildman–Crippen LogP) is 4.06. The minimum atomic E-state index is -3.76. The smallest absolute Gasteiger partial charge is 0.243 e. The Hall–Kier alpha value is -1.41. The van der Waals surface area contributed by atoms with E-state index in [1.807, 2.05) is 6.92 Å². The van der Waals surface area contributed by atoms with Crippen LogP contribution in [0, 0.1) is 6.92 Å². The van der Waals surface area contributed by atoms with Crippen LogP contribution in [0.15, 0.2) is 51.8 Å². The van der Waals surface area contributed by atoms with E-state index in [-0.39, 0.29) is 18.0 Å². The maximum atomic E-state index is 12.7. The van der Waals surface area contributed by atoms with Crippen LogP contribution < -0.4 is 5.32 Å². The van der Waals surface area contributed by atoms with Gasteiger partial charge in [-0.25, -0.2) is 8.42 Å². The fraction of sp³-hybridized carbons (Fsp3) is 0.235. The molecular weight excluding hydrogens is 428 g/mol. The largest absolute Gasteiger partial charge is 0.325 e. The summed E-state index contributed by atoms with van der Waals surface area (Å²) in [6, 6.07) is 11.5. The molecule has 0 aromatic heterocycles. The predicted molar refractivity (Wildman–Crippen MR) is 103 cm³/mol. The zero-order chi connectivity index (χ0) is 18.6. The van der Waals surface area contributed by atoms with Crippen LogP contribution in [-0.2, 0) is 14.8 Å². The molecule has 1 amide bonds. The topological polar surface area (TPSA) is 66.5 Å². The van der Waals surface area contributed by atoms with Crippen molar-refractivity contribution in [1.29, 1.82) is 0 Å². The molecule has 2 aromatic carbocycles. The number of carbonyl (C=O) groups is 1. The van der Waals surface area contributed by atoms with E-state index >= 15 is 0 Å². The quantitative estimate of drug-likeness (QED) is 0.729. The Morgan fingerprint density at radius 1 is 1.24 bits per heavy atom. The average molecular weight is 446 g/mol. The van der Waals surface area contributed by atoms with Gasteiger partial charge in [-0.15, -0.1) is 0 Å². The first-order valence-electron chi connectivity index (χ1n) is 7.55. The van der Waals surface area contributed by atoms with E-state index in [0.717, 1.165) is 9.87 Å². The van der Waals surface area contributed by atoms with Gasteiger partial charge in [0.15, 0.2) is 0 Å². The third-order valence-corrected chi connectivity index (χ3v) is 6.23. The number of aryl methyl sites for hydroxylation is 1. The Morgan fingerprint density at radius 3 is 2.60 bits per heavy atom. The number of amides is 1. The van der Waals surface area contributed by atoms with Gasteiger partial charge in [-0.3, -0.25) is 4.79 Å². The number of hydrogen-bond acceptors (Lipinski definition) is 3. The third-order valence-electron chi connectivity index (χ3n) is 3.58. The molecule has 2 rings (SSSR count). The number of rotatable bonds is 6. The summed E-state index contributed by atoms with van der Waals surface area (Å²) in [4.78, 5) is 12.5. The molecule has 0 heterocycles. The first-order chi connectivity index (χ1) is 11.7. The molecule has 25 heavy (non-hydrogen) atoms. The number of likely N-dealkylation sites (N-methyl/N-ethyl adjacent to an activating group) is 1. The summed E-state index contributed by atoms with van der Waals surface area (Å²) in [5.74, 6) is -0.425. The van der Waals surface area contributed by atoms with E-state index in [2.05, 4.69) is 21.2 Å². The zero-order valence-electron chi connectivity index (χ0n) is 13.8. The SMILES string of the molecule is CCN(CC(=O)Nc1cc(Cl)ccc1C)S(=O)(=O)c1cccc(Br)c1. The molecule has 0 aliphatic rings. The molecule has 0 unspecified atom stereocenters. The van der Waals surface area contributed by atoms with Gasteiger partial charge in [0, 0.05) is 21.7 Å². The van der Waals surface area contributed by atoms with E-state index < -0.39 is 15.9 Å². The molecule has 0 atom stereocenters. The first-order valence-corrected chi connectivity index (χ1v) is 10.2. The number of nitrogens with zero attached hydrogens (tertiary/aromatic N) is 1. The van der Waals surface area contributed by atoms with Gasteiger partial charge < -0.3 is 5.32 Å². The van der Waals surface area contributed by atoms with Crippen molar-refractivity contribution in [3.05, 3.63) is 57.5 Å². The second-order valence-corrected chi connectivity index (χ2v) is 8.69. The lowest BCUT2D eigenvalue weighted by molar-refractivity contribution is -0.116. The lowest BCUT2D eigenvalue weighted by Gasteiger charge is -2.20. The summed E-state index contributed by atoms with van der Waals surface area (Å²) >= 11 is 9.20. The monoisotopic (exact) mass is 444 g/mol. The molecular formula is C17H18BrClN2O3S. The molecule has 0 aliphatic carbocycles. The molecule has 0 saturated heterocycles. The third kappa shape index (κ3) is 5.04. The van der Waals surface area contributed by atoms with E-state index in [1.165, 1.54) is 12.1 Å². The summed E-state index contributed by atoms with van der Waals surface area (Å²) in [6.45, 7) is 3.42. The van der Waals surface area contributed by atoms with Gasteiger partial charge in [0.25, 0.3) is 0 Å². The minimum absolute atomic E-state index is 0.135. The minimum Gasteiger partial charge on any atom is -0.325 e. The molecule has 134 valence electrons. The summed E-state index contributed by atoms with van der Waals surface area (Å²) < 4.78 is 27.2. The van der Waals surface area contributed by atoms with Crippen LogP contribution in [0.5, 0.6) is 0 Å². The number of sulfonamides is 1. The summed E-state index contributed by atoms with van der Waals surface area (Å²) in [6.07, 6.45) is 0. The van der Waals surface area contributed by atoms with E-state index in [4.69, 9.17) is 11.6 Å². The van der Waals surface area contributed by atoms with Crippen molar-refractivity contribution >= 4 is 49.1 Å². The zero-order valence-corrected chi connectivity index (χ0v) is 17.0. The standard InChI is InChI=1S/C17H18BrClN2O3S/c1-3-21(25(23,24)15-6-4-5-13(18)9-15)11-17(22)20-16-10-14(19)8-7-12(16)2/h4-10H,3,11H2,1-2H3,(H,20,22). The molecule has 5 nitrogen and oxygen atoms in total. The molecule has 1 N–H and O–H groups in total. The number of hydrogen-bond donors (Lipinski definition) is 1. The number of carbonyl (C=O) groups excluding carboxylic acids is 1. The van der Waals surface area contributed by atoms with Gasteiger partial charge in [-0.2, -0.15) is 4.31 Å². The van der Waals surface area contributed by atoms with Crippen molar-refractivity contribution in [2.24, 2.45) is 0 Å². The van der Waals surface area contributed by atoms with Gasteiger partial charge >= 0.3 is 0 Å². The van der Waals surface area contributed by atoms with Gasteiger partial charge in [0.2, 0.25) is 15.9 Å². The lowest BCUT2D eigenvalue weighted by atomic mass is 10.2. The fourth-order valence-corrected chi connectivity index (χ4v) is 4.40. The van der Waals surface area contributed by atoms with Crippen LogP contribution in [0.3, 0.4) is 0 Å². The summed E-state index contributed by atoms with van der Waals surface area (Å²) in [5, 5.41) is 3.21. The van der Waals surface area contributed by atoms with Crippen LogP contribution >= 0.6 is 27.5 Å². The molecule has 0 saturated carbocycles. The highest BCUT2D eigenvalue weighted by Gasteiger charge is 2.25. The Kier molecular flexibility index (Phi) is 6.62. The first kappa shape index (κ1) is 19.9.